The van der Waals surface area contributed by atoms with E-state index in [0.29, 0.717) is 6.42 Å². The van der Waals surface area contributed by atoms with Crippen LogP contribution in [0, 0.1) is 11.3 Å². The SMILES string of the molecule is CC[C@]12C[C@H](CCCO)O[C@H]1CC[C@H](CCC#N)O2. The number of fused-ring (bicyclic) bond motifs is 1. The molecule has 19 heavy (non-hydrogen) atoms. The standard InChI is InChI=1S/C15H25NO3/c1-2-15-11-13(6-4-10-17)18-14(15)8-7-12(19-15)5-3-9-16/h12-14,17H,2-8,10-11H2,1H3/t12-,13-,14-,15-/m0/s1. The van der Waals surface area contributed by atoms with Gasteiger partial charge in [0.05, 0.1) is 30.0 Å². The molecule has 4 atom stereocenters. The third-order valence-electron chi connectivity index (χ3n) is 4.53. The molecular weight excluding hydrogens is 242 g/mol. The Labute approximate surface area is 115 Å². The normalized spacial score (nSPS) is 37.8. The van der Waals surface area contributed by atoms with Crippen LogP contribution in [0.2, 0.25) is 0 Å². The molecule has 2 aliphatic rings. The second-order valence-electron chi connectivity index (χ2n) is 5.75. The van der Waals surface area contributed by atoms with Crippen molar-refractivity contribution in [2.75, 3.05) is 6.61 Å². The summed E-state index contributed by atoms with van der Waals surface area (Å²) in [4.78, 5) is 0. The first kappa shape index (κ1) is 14.8. The maximum absolute atomic E-state index is 8.93. The Balaban J connectivity index is 1.95. The molecule has 1 N–H and O–H groups in total. The summed E-state index contributed by atoms with van der Waals surface area (Å²) < 4.78 is 12.4. The molecule has 0 saturated carbocycles. The molecule has 2 rings (SSSR count). The van der Waals surface area contributed by atoms with Crippen molar-refractivity contribution in [3.05, 3.63) is 0 Å². The largest absolute Gasteiger partial charge is 0.396 e. The Bertz CT molecular complexity index is 328. The molecule has 2 heterocycles. The van der Waals surface area contributed by atoms with Gasteiger partial charge in [0.25, 0.3) is 0 Å². The monoisotopic (exact) mass is 267 g/mol. The molecule has 0 amide bonds. The quantitative estimate of drug-likeness (QED) is 0.803. The molecule has 2 fully saturated rings. The Morgan fingerprint density at radius 2 is 2.16 bits per heavy atom. The van der Waals surface area contributed by atoms with Gasteiger partial charge in [0.1, 0.15) is 0 Å². The van der Waals surface area contributed by atoms with E-state index < -0.39 is 0 Å². The lowest BCUT2D eigenvalue weighted by Crippen LogP contribution is -2.47. The molecule has 0 aliphatic carbocycles. The van der Waals surface area contributed by atoms with Crippen LogP contribution in [0.1, 0.15) is 58.3 Å². The second kappa shape index (κ2) is 6.69. The minimum absolute atomic E-state index is 0.140. The van der Waals surface area contributed by atoms with Crippen molar-refractivity contribution in [2.45, 2.75) is 82.2 Å². The van der Waals surface area contributed by atoms with Crippen LogP contribution in [0.4, 0.5) is 0 Å². The van der Waals surface area contributed by atoms with Crippen LogP contribution in [0.5, 0.6) is 0 Å². The molecule has 108 valence electrons. The van der Waals surface area contributed by atoms with E-state index >= 15 is 0 Å². The summed E-state index contributed by atoms with van der Waals surface area (Å²) >= 11 is 0. The summed E-state index contributed by atoms with van der Waals surface area (Å²) in [6.07, 6.45) is 7.74. The van der Waals surface area contributed by atoms with E-state index in [0.717, 1.165) is 44.9 Å². The summed E-state index contributed by atoms with van der Waals surface area (Å²) in [6.45, 7) is 2.40. The van der Waals surface area contributed by atoms with Gasteiger partial charge >= 0.3 is 0 Å². The van der Waals surface area contributed by atoms with Crippen LogP contribution in [0.15, 0.2) is 0 Å². The van der Waals surface area contributed by atoms with Gasteiger partial charge in [0, 0.05) is 19.4 Å². The van der Waals surface area contributed by atoms with Gasteiger partial charge in [0.15, 0.2) is 0 Å². The number of rotatable bonds is 6. The summed E-state index contributed by atoms with van der Waals surface area (Å²) in [7, 11) is 0. The highest BCUT2D eigenvalue weighted by Gasteiger charge is 2.51. The summed E-state index contributed by atoms with van der Waals surface area (Å²) in [6, 6.07) is 2.20. The lowest BCUT2D eigenvalue weighted by atomic mass is 9.83. The lowest BCUT2D eigenvalue weighted by molar-refractivity contribution is -0.168. The molecule has 0 unspecified atom stereocenters. The molecule has 4 heteroatoms. The minimum atomic E-state index is -0.140. The first-order chi connectivity index (χ1) is 9.24. The fraction of sp³-hybridized carbons (Fsp3) is 0.933. The van der Waals surface area contributed by atoms with Crippen LogP contribution in [0.3, 0.4) is 0 Å². The number of aliphatic hydroxyl groups is 1. The van der Waals surface area contributed by atoms with Gasteiger partial charge in [-0.2, -0.15) is 5.26 Å². The summed E-state index contributed by atoms with van der Waals surface area (Å²) in [5.41, 5.74) is -0.140. The van der Waals surface area contributed by atoms with Crippen LogP contribution >= 0.6 is 0 Å². The molecule has 2 aliphatic heterocycles. The molecule has 0 spiro atoms. The Morgan fingerprint density at radius 1 is 1.32 bits per heavy atom. The number of aliphatic hydroxyl groups excluding tert-OH is 1. The predicted octanol–water partition coefficient (Wildman–Crippen LogP) is 2.55. The van der Waals surface area contributed by atoms with Gasteiger partial charge < -0.3 is 14.6 Å². The van der Waals surface area contributed by atoms with E-state index in [4.69, 9.17) is 19.8 Å². The predicted molar refractivity (Wildman–Crippen MR) is 71.6 cm³/mol. The van der Waals surface area contributed by atoms with Crippen LogP contribution in [0.25, 0.3) is 0 Å². The second-order valence-corrected chi connectivity index (χ2v) is 5.75. The highest BCUT2D eigenvalue weighted by molar-refractivity contribution is 5.00. The maximum Gasteiger partial charge on any atom is 0.0968 e. The van der Waals surface area contributed by atoms with E-state index in [1.165, 1.54) is 0 Å². The zero-order chi connectivity index (χ0) is 13.7. The summed E-state index contributed by atoms with van der Waals surface area (Å²) in [5, 5.41) is 17.6. The highest BCUT2D eigenvalue weighted by atomic mass is 16.6. The number of hydrogen-bond donors (Lipinski definition) is 1. The number of hydrogen-bond acceptors (Lipinski definition) is 4. The van der Waals surface area contributed by atoms with Crippen LogP contribution in [-0.4, -0.2) is 35.6 Å². The van der Waals surface area contributed by atoms with Crippen molar-refractivity contribution in [1.82, 2.24) is 0 Å². The number of ether oxygens (including phenoxy) is 2. The van der Waals surface area contributed by atoms with Crippen LogP contribution in [-0.2, 0) is 9.47 Å². The fourth-order valence-electron chi connectivity index (χ4n) is 3.48. The van der Waals surface area contributed by atoms with E-state index in [2.05, 4.69) is 13.0 Å². The van der Waals surface area contributed by atoms with Gasteiger partial charge in [-0.3, -0.25) is 0 Å². The molecule has 0 aromatic heterocycles. The van der Waals surface area contributed by atoms with E-state index in [1.807, 2.05) is 0 Å². The molecule has 0 aromatic carbocycles. The van der Waals surface area contributed by atoms with Gasteiger partial charge in [-0.05, 0) is 38.5 Å². The average Bonchev–Trinajstić information content (AvgIpc) is 2.81. The average molecular weight is 267 g/mol. The molecule has 0 bridgehead atoms. The van der Waals surface area contributed by atoms with Gasteiger partial charge in [-0.15, -0.1) is 0 Å². The molecule has 4 nitrogen and oxygen atoms in total. The zero-order valence-corrected chi connectivity index (χ0v) is 11.8. The van der Waals surface area contributed by atoms with Crippen molar-refractivity contribution in [3.8, 4) is 6.07 Å². The molecule has 0 radical (unpaired) electrons. The fourth-order valence-corrected chi connectivity index (χ4v) is 3.48. The van der Waals surface area contributed by atoms with Gasteiger partial charge in [-0.25, -0.2) is 0 Å². The van der Waals surface area contributed by atoms with Crippen LogP contribution < -0.4 is 0 Å². The minimum Gasteiger partial charge on any atom is -0.396 e. The zero-order valence-electron chi connectivity index (χ0n) is 11.8. The third kappa shape index (κ3) is 3.28. The molecule has 2 saturated heterocycles. The first-order valence-electron chi connectivity index (χ1n) is 7.55. The molecule has 0 aromatic rings. The smallest absolute Gasteiger partial charge is 0.0968 e. The van der Waals surface area contributed by atoms with Crippen molar-refractivity contribution < 1.29 is 14.6 Å². The summed E-state index contributed by atoms with van der Waals surface area (Å²) in [5.74, 6) is 0. The van der Waals surface area contributed by atoms with Gasteiger partial charge in [0.2, 0.25) is 0 Å². The highest BCUT2D eigenvalue weighted by Crippen LogP contribution is 2.45. The number of nitrogens with zero attached hydrogens (tertiary/aromatic N) is 1. The number of nitriles is 1. The third-order valence-corrected chi connectivity index (χ3v) is 4.53. The van der Waals surface area contributed by atoms with E-state index in [9.17, 15) is 0 Å². The van der Waals surface area contributed by atoms with E-state index in [-0.39, 0.29) is 30.5 Å². The van der Waals surface area contributed by atoms with Crippen molar-refractivity contribution in [2.24, 2.45) is 0 Å². The Morgan fingerprint density at radius 3 is 2.84 bits per heavy atom. The lowest BCUT2D eigenvalue weighted by Gasteiger charge is -2.41. The maximum atomic E-state index is 8.93. The van der Waals surface area contributed by atoms with Crippen molar-refractivity contribution in [3.63, 3.8) is 0 Å². The van der Waals surface area contributed by atoms with Crippen molar-refractivity contribution in [1.29, 1.82) is 5.26 Å². The first-order valence-corrected chi connectivity index (χ1v) is 7.55. The topological polar surface area (TPSA) is 62.5 Å². The Kier molecular flexibility index (Phi) is 5.20. The van der Waals surface area contributed by atoms with Gasteiger partial charge in [-0.1, -0.05) is 6.92 Å². The van der Waals surface area contributed by atoms with E-state index in [1.54, 1.807) is 0 Å². The Hall–Kier alpha value is -0.630. The van der Waals surface area contributed by atoms with Crippen molar-refractivity contribution >= 4 is 0 Å². The molecular formula is C15H25NO3.